The zero-order valence-electron chi connectivity index (χ0n) is 12.1. The Morgan fingerprint density at radius 1 is 1.06 bits per heavy atom. The molecule has 4 atom stereocenters. The lowest BCUT2D eigenvalue weighted by Crippen LogP contribution is -2.30. The van der Waals surface area contributed by atoms with E-state index in [0.717, 1.165) is 6.54 Å². The van der Waals surface area contributed by atoms with Gasteiger partial charge in [-0.05, 0) is 38.1 Å². The molecule has 17 heavy (non-hydrogen) atoms. The molecule has 0 fully saturated rings. The molecular formula is C16H29N. The molecule has 0 aliphatic carbocycles. The van der Waals surface area contributed by atoms with Crippen LogP contribution in [-0.4, -0.2) is 12.6 Å². The third-order valence-corrected chi connectivity index (χ3v) is 3.23. The minimum absolute atomic E-state index is 0.428. The summed E-state index contributed by atoms with van der Waals surface area (Å²) in [6.07, 6.45) is 10.8. The fourth-order valence-electron chi connectivity index (χ4n) is 1.54. The number of hydrogen-bond acceptors (Lipinski definition) is 1. The van der Waals surface area contributed by atoms with Crippen LogP contribution in [0, 0.1) is 17.8 Å². The highest BCUT2D eigenvalue weighted by Gasteiger charge is 2.09. The van der Waals surface area contributed by atoms with E-state index in [1.54, 1.807) is 0 Å². The van der Waals surface area contributed by atoms with Crippen LogP contribution in [0.1, 0.15) is 34.6 Å². The van der Waals surface area contributed by atoms with Gasteiger partial charge in [0.2, 0.25) is 0 Å². The Balaban J connectivity index is 3.94. The molecule has 4 unspecified atom stereocenters. The summed E-state index contributed by atoms with van der Waals surface area (Å²) in [5, 5.41) is 3.55. The van der Waals surface area contributed by atoms with E-state index in [4.69, 9.17) is 0 Å². The van der Waals surface area contributed by atoms with Gasteiger partial charge >= 0.3 is 0 Å². The first-order valence-corrected chi connectivity index (χ1v) is 6.68. The van der Waals surface area contributed by atoms with Gasteiger partial charge in [-0.1, -0.05) is 51.2 Å². The summed E-state index contributed by atoms with van der Waals surface area (Å²) in [5.41, 5.74) is 0. The Hall–Kier alpha value is -0.820. The molecule has 0 aromatic carbocycles. The first kappa shape index (κ1) is 16.2. The fraction of sp³-hybridized carbons (Fsp3) is 0.625. The molecule has 1 heteroatoms. The fourth-order valence-corrected chi connectivity index (χ4v) is 1.54. The van der Waals surface area contributed by atoms with Gasteiger partial charge < -0.3 is 5.32 Å². The lowest BCUT2D eigenvalue weighted by atomic mass is 9.95. The SMILES string of the molecule is C=CC(C)/C=C/C(C)NCC(C)C(C)/C=C/C. The quantitative estimate of drug-likeness (QED) is 0.622. The van der Waals surface area contributed by atoms with Crippen LogP contribution in [0.5, 0.6) is 0 Å². The molecule has 0 aromatic rings. The molecule has 0 saturated carbocycles. The van der Waals surface area contributed by atoms with Crippen molar-refractivity contribution in [3.8, 4) is 0 Å². The molecule has 0 aliphatic rings. The molecule has 0 rings (SSSR count). The molecule has 0 amide bonds. The van der Waals surface area contributed by atoms with Crippen molar-refractivity contribution in [2.75, 3.05) is 6.54 Å². The number of hydrogen-bond donors (Lipinski definition) is 1. The van der Waals surface area contributed by atoms with Crippen molar-refractivity contribution in [1.29, 1.82) is 0 Å². The van der Waals surface area contributed by atoms with E-state index in [-0.39, 0.29) is 0 Å². The standard InChI is InChI=1S/C16H29N/c1-7-9-14(4)15(5)12-17-16(6)11-10-13(3)8-2/h7-11,13-17H,2,12H2,1,3-6H3/b9-7+,11-10+. The van der Waals surface area contributed by atoms with Crippen molar-refractivity contribution >= 4 is 0 Å². The van der Waals surface area contributed by atoms with Crippen LogP contribution in [0.2, 0.25) is 0 Å². The van der Waals surface area contributed by atoms with Crippen LogP contribution in [0.3, 0.4) is 0 Å². The van der Waals surface area contributed by atoms with Crippen LogP contribution in [0.4, 0.5) is 0 Å². The number of rotatable bonds is 8. The highest BCUT2D eigenvalue weighted by atomic mass is 14.9. The zero-order chi connectivity index (χ0) is 13.3. The van der Waals surface area contributed by atoms with Crippen molar-refractivity contribution in [2.24, 2.45) is 17.8 Å². The van der Waals surface area contributed by atoms with Crippen LogP contribution < -0.4 is 5.32 Å². The molecule has 0 spiro atoms. The summed E-state index contributed by atoms with van der Waals surface area (Å²) >= 11 is 0. The first-order chi connectivity index (χ1) is 8.01. The van der Waals surface area contributed by atoms with E-state index in [2.05, 4.69) is 70.8 Å². The van der Waals surface area contributed by atoms with Gasteiger partial charge in [-0.2, -0.15) is 0 Å². The molecule has 0 aromatic heterocycles. The Morgan fingerprint density at radius 3 is 2.24 bits per heavy atom. The Morgan fingerprint density at radius 2 is 1.71 bits per heavy atom. The van der Waals surface area contributed by atoms with Gasteiger partial charge in [0.1, 0.15) is 0 Å². The van der Waals surface area contributed by atoms with Gasteiger partial charge in [-0.25, -0.2) is 0 Å². The molecule has 1 N–H and O–H groups in total. The third kappa shape index (κ3) is 7.98. The van der Waals surface area contributed by atoms with E-state index in [1.807, 2.05) is 6.08 Å². The Bertz CT molecular complexity index is 252. The van der Waals surface area contributed by atoms with Gasteiger partial charge in [0.05, 0.1) is 0 Å². The molecule has 0 bridgehead atoms. The van der Waals surface area contributed by atoms with Crippen molar-refractivity contribution in [2.45, 2.75) is 40.7 Å². The molecule has 0 heterocycles. The van der Waals surface area contributed by atoms with Crippen molar-refractivity contribution in [3.63, 3.8) is 0 Å². The van der Waals surface area contributed by atoms with E-state index < -0.39 is 0 Å². The molecular weight excluding hydrogens is 206 g/mol. The van der Waals surface area contributed by atoms with E-state index in [9.17, 15) is 0 Å². The van der Waals surface area contributed by atoms with Gasteiger partial charge in [0.25, 0.3) is 0 Å². The highest BCUT2D eigenvalue weighted by Crippen LogP contribution is 2.11. The summed E-state index contributed by atoms with van der Waals surface area (Å²) in [4.78, 5) is 0. The van der Waals surface area contributed by atoms with Gasteiger partial charge in [0, 0.05) is 6.04 Å². The largest absolute Gasteiger partial charge is 0.311 e. The average Bonchev–Trinajstić information content (AvgIpc) is 2.32. The minimum Gasteiger partial charge on any atom is -0.311 e. The van der Waals surface area contributed by atoms with Crippen LogP contribution >= 0.6 is 0 Å². The Labute approximate surface area is 108 Å². The lowest BCUT2D eigenvalue weighted by molar-refractivity contribution is 0.415. The lowest BCUT2D eigenvalue weighted by Gasteiger charge is -2.19. The van der Waals surface area contributed by atoms with Crippen molar-refractivity contribution in [3.05, 3.63) is 37.0 Å². The van der Waals surface area contributed by atoms with Crippen LogP contribution in [0.25, 0.3) is 0 Å². The summed E-state index contributed by atoms with van der Waals surface area (Å²) in [5.74, 6) is 1.76. The minimum atomic E-state index is 0.428. The second kappa shape index (κ2) is 9.23. The first-order valence-electron chi connectivity index (χ1n) is 6.68. The maximum Gasteiger partial charge on any atom is 0.0221 e. The maximum absolute atomic E-state index is 3.78. The van der Waals surface area contributed by atoms with Gasteiger partial charge in [-0.15, -0.1) is 6.58 Å². The monoisotopic (exact) mass is 235 g/mol. The van der Waals surface area contributed by atoms with Crippen molar-refractivity contribution < 1.29 is 0 Å². The average molecular weight is 235 g/mol. The predicted octanol–water partition coefficient (Wildman–Crippen LogP) is 4.19. The van der Waals surface area contributed by atoms with E-state index in [1.165, 1.54) is 0 Å². The topological polar surface area (TPSA) is 12.0 Å². The van der Waals surface area contributed by atoms with E-state index in [0.29, 0.717) is 23.8 Å². The summed E-state index contributed by atoms with van der Waals surface area (Å²) in [6, 6.07) is 0.428. The van der Waals surface area contributed by atoms with Crippen LogP contribution in [0.15, 0.2) is 37.0 Å². The third-order valence-electron chi connectivity index (χ3n) is 3.23. The summed E-state index contributed by atoms with van der Waals surface area (Å²) < 4.78 is 0. The molecule has 98 valence electrons. The van der Waals surface area contributed by atoms with Gasteiger partial charge in [0.15, 0.2) is 0 Å². The second-order valence-corrected chi connectivity index (χ2v) is 5.04. The molecule has 0 radical (unpaired) electrons. The Kier molecular flexibility index (Phi) is 8.79. The molecule has 1 nitrogen and oxygen atoms in total. The van der Waals surface area contributed by atoms with Crippen LogP contribution in [-0.2, 0) is 0 Å². The smallest absolute Gasteiger partial charge is 0.0221 e. The normalized spacial score (nSPS) is 19.4. The molecule has 0 saturated heterocycles. The number of allylic oxidation sites excluding steroid dienone is 4. The summed E-state index contributed by atoms with van der Waals surface area (Å²) in [6.45, 7) is 15.8. The van der Waals surface area contributed by atoms with Gasteiger partial charge in [-0.3, -0.25) is 0 Å². The maximum atomic E-state index is 3.78. The predicted molar refractivity (Wildman–Crippen MR) is 79.1 cm³/mol. The van der Waals surface area contributed by atoms with Crippen molar-refractivity contribution in [1.82, 2.24) is 5.32 Å². The highest BCUT2D eigenvalue weighted by molar-refractivity contribution is 4.99. The van der Waals surface area contributed by atoms with E-state index >= 15 is 0 Å². The molecule has 0 aliphatic heterocycles. The zero-order valence-corrected chi connectivity index (χ0v) is 12.1. The summed E-state index contributed by atoms with van der Waals surface area (Å²) in [7, 11) is 0. The second-order valence-electron chi connectivity index (χ2n) is 5.04. The number of nitrogens with one attached hydrogen (secondary N) is 1.